The number of rotatable bonds is 0. The third-order valence-electron chi connectivity index (χ3n) is 1.15. The van der Waals surface area contributed by atoms with Gasteiger partial charge < -0.3 is 16.6 Å². The van der Waals surface area contributed by atoms with E-state index in [1.807, 2.05) is 0 Å². The first-order valence-electron chi connectivity index (χ1n) is 2.64. The van der Waals surface area contributed by atoms with Gasteiger partial charge in [-0.3, -0.25) is 0 Å². The molecular formula is C6H7FN2O. The van der Waals surface area contributed by atoms with Gasteiger partial charge in [0.1, 0.15) is 11.6 Å². The summed E-state index contributed by atoms with van der Waals surface area (Å²) in [7, 11) is 0. The fourth-order valence-corrected chi connectivity index (χ4v) is 0.593. The number of phenolic OH excluding ortho intramolecular Hbond substituents is 1. The number of phenols is 1. The molecule has 0 saturated heterocycles. The third kappa shape index (κ3) is 0.953. The van der Waals surface area contributed by atoms with Crippen molar-refractivity contribution >= 4 is 11.4 Å². The van der Waals surface area contributed by atoms with Crippen molar-refractivity contribution in [3.05, 3.63) is 17.9 Å². The first-order chi connectivity index (χ1) is 4.61. The van der Waals surface area contributed by atoms with Gasteiger partial charge in [-0.2, -0.15) is 0 Å². The normalized spacial score (nSPS) is 9.70. The molecule has 0 saturated carbocycles. The minimum atomic E-state index is -0.615. The molecule has 1 rings (SSSR count). The largest absolute Gasteiger partial charge is 0.506 e. The third-order valence-corrected chi connectivity index (χ3v) is 1.15. The standard InChI is InChI=1S/C6H7FN2O/c7-3-1-5(9)6(10)2-4(3)8/h1-2,10H,8-9H2. The van der Waals surface area contributed by atoms with Crippen molar-refractivity contribution in [2.75, 3.05) is 11.5 Å². The number of hydrogen-bond donors (Lipinski definition) is 3. The molecule has 0 aliphatic rings. The fraction of sp³-hybridized carbons (Fsp3) is 0. The molecule has 0 unspecified atom stereocenters. The lowest BCUT2D eigenvalue weighted by molar-refractivity contribution is 0.476. The molecule has 0 atom stereocenters. The fourth-order valence-electron chi connectivity index (χ4n) is 0.593. The average Bonchev–Trinajstić information content (AvgIpc) is 1.84. The van der Waals surface area contributed by atoms with Crippen LogP contribution in [0.2, 0.25) is 0 Å². The molecule has 0 heterocycles. The first kappa shape index (κ1) is 6.67. The Balaban J connectivity index is 3.28. The van der Waals surface area contributed by atoms with Crippen LogP contribution in [0.4, 0.5) is 15.8 Å². The lowest BCUT2D eigenvalue weighted by atomic mass is 10.2. The maximum atomic E-state index is 12.4. The zero-order valence-electron chi connectivity index (χ0n) is 5.13. The van der Waals surface area contributed by atoms with E-state index in [0.717, 1.165) is 12.1 Å². The van der Waals surface area contributed by atoms with Crippen LogP contribution in [0, 0.1) is 5.82 Å². The lowest BCUT2D eigenvalue weighted by Crippen LogP contribution is -1.93. The highest BCUT2D eigenvalue weighted by Crippen LogP contribution is 2.24. The number of nitrogen functional groups attached to an aromatic ring is 2. The molecule has 4 heteroatoms. The second kappa shape index (κ2) is 2.06. The molecule has 10 heavy (non-hydrogen) atoms. The molecule has 54 valence electrons. The molecule has 0 aliphatic carbocycles. The van der Waals surface area contributed by atoms with E-state index in [9.17, 15) is 4.39 Å². The molecule has 1 aromatic carbocycles. The van der Waals surface area contributed by atoms with Crippen LogP contribution in [-0.2, 0) is 0 Å². The van der Waals surface area contributed by atoms with Gasteiger partial charge in [0.25, 0.3) is 0 Å². The van der Waals surface area contributed by atoms with Gasteiger partial charge in [-0.25, -0.2) is 4.39 Å². The van der Waals surface area contributed by atoms with Crippen molar-refractivity contribution in [2.45, 2.75) is 0 Å². The molecule has 0 radical (unpaired) electrons. The SMILES string of the molecule is Nc1cc(F)c(N)cc1O. The Hall–Kier alpha value is -1.45. The maximum absolute atomic E-state index is 12.4. The Morgan fingerprint density at radius 1 is 1.20 bits per heavy atom. The topological polar surface area (TPSA) is 72.3 Å². The Labute approximate surface area is 57.1 Å². The summed E-state index contributed by atoms with van der Waals surface area (Å²) >= 11 is 0. The Morgan fingerprint density at radius 3 is 2.30 bits per heavy atom. The Morgan fingerprint density at radius 2 is 1.80 bits per heavy atom. The number of halogens is 1. The predicted molar refractivity (Wildman–Crippen MR) is 36.9 cm³/mol. The van der Waals surface area contributed by atoms with Crippen LogP contribution in [-0.4, -0.2) is 5.11 Å². The summed E-state index contributed by atoms with van der Waals surface area (Å²) in [5, 5.41) is 8.85. The van der Waals surface area contributed by atoms with Crippen LogP contribution < -0.4 is 11.5 Å². The smallest absolute Gasteiger partial charge is 0.148 e. The second-order valence-corrected chi connectivity index (χ2v) is 1.93. The van der Waals surface area contributed by atoms with Crippen molar-refractivity contribution in [3.8, 4) is 5.75 Å². The summed E-state index contributed by atoms with van der Waals surface area (Å²) in [5.74, 6) is -0.811. The van der Waals surface area contributed by atoms with E-state index < -0.39 is 5.82 Å². The highest BCUT2D eigenvalue weighted by Gasteiger charge is 2.02. The van der Waals surface area contributed by atoms with Gasteiger partial charge in [-0.1, -0.05) is 0 Å². The van der Waals surface area contributed by atoms with Crippen LogP contribution in [0.25, 0.3) is 0 Å². The van der Waals surface area contributed by atoms with Crippen molar-refractivity contribution in [1.82, 2.24) is 0 Å². The van der Waals surface area contributed by atoms with Crippen LogP contribution in [0.5, 0.6) is 5.75 Å². The van der Waals surface area contributed by atoms with Crippen molar-refractivity contribution in [3.63, 3.8) is 0 Å². The van der Waals surface area contributed by atoms with Crippen LogP contribution in [0.3, 0.4) is 0 Å². The zero-order valence-corrected chi connectivity index (χ0v) is 5.13. The predicted octanol–water partition coefficient (Wildman–Crippen LogP) is 0.696. The second-order valence-electron chi connectivity index (χ2n) is 1.93. The maximum Gasteiger partial charge on any atom is 0.148 e. The van der Waals surface area contributed by atoms with Crippen molar-refractivity contribution in [1.29, 1.82) is 0 Å². The molecule has 5 N–H and O–H groups in total. The van der Waals surface area contributed by atoms with Gasteiger partial charge in [0.05, 0.1) is 11.4 Å². The van der Waals surface area contributed by atoms with Gasteiger partial charge in [0.15, 0.2) is 0 Å². The minimum absolute atomic E-state index is 0.00769. The molecule has 0 aromatic heterocycles. The number of aromatic hydroxyl groups is 1. The van der Waals surface area contributed by atoms with Crippen LogP contribution in [0.1, 0.15) is 0 Å². The van der Waals surface area contributed by atoms with E-state index >= 15 is 0 Å². The lowest BCUT2D eigenvalue weighted by Gasteiger charge is -1.99. The number of nitrogens with two attached hydrogens (primary N) is 2. The van der Waals surface area contributed by atoms with E-state index in [0.29, 0.717) is 0 Å². The highest BCUT2D eigenvalue weighted by molar-refractivity contribution is 5.59. The molecular weight excluding hydrogens is 135 g/mol. The van der Waals surface area contributed by atoms with E-state index in [-0.39, 0.29) is 17.1 Å². The van der Waals surface area contributed by atoms with E-state index in [1.165, 1.54) is 0 Å². The molecule has 0 aliphatic heterocycles. The summed E-state index contributed by atoms with van der Waals surface area (Å²) in [6, 6.07) is 2.05. The van der Waals surface area contributed by atoms with E-state index in [1.54, 1.807) is 0 Å². The number of anilines is 2. The van der Waals surface area contributed by atoms with Crippen LogP contribution >= 0.6 is 0 Å². The Kier molecular flexibility index (Phi) is 1.37. The molecule has 3 nitrogen and oxygen atoms in total. The summed E-state index contributed by atoms with van der Waals surface area (Å²) in [6.45, 7) is 0. The summed E-state index contributed by atoms with van der Waals surface area (Å²) in [4.78, 5) is 0. The summed E-state index contributed by atoms with van der Waals surface area (Å²) < 4.78 is 12.4. The van der Waals surface area contributed by atoms with Gasteiger partial charge in [0.2, 0.25) is 0 Å². The highest BCUT2D eigenvalue weighted by atomic mass is 19.1. The monoisotopic (exact) mass is 142 g/mol. The average molecular weight is 142 g/mol. The van der Waals surface area contributed by atoms with E-state index in [4.69, 9.17) is 16.6 Å². The Bertz CT molecular complexity index is 212. The van der Waals surface area contributed by atoms with E-state index in [2.05, 4.69) is 0 Å². The van der Waals surface area contributed by atoms with Crippen molar-refractivity contribution in [2.24, 2.45) is 0 Å². The molecule has 0 amide bonds. The van der Waals surface area contributed by atoms with Gasteiger partial charge >= 0.3 is 0 Å². The molecule has 0 bridgehead atoms. The quantitative estimate of drug-likeness (QED) is 0.368. The van der Waals surface area contributed by atoms with Crippen LogP contribution in [0.15, 0.2) is 12.1 Å². The van der Waals surface area contributed by atoms with Gasteiger partial charge in [-0.05, 0) is 0 Å². The summed E-state index contributed by atoms with van der Waals surface area (Å²) in [6.07, 6.45) is 0. The van der Waals surface area contributed by atoms with Crippen molar-refractivity contribution < 1.29 is 9.50 Å². The zero-order chi connectivity index (χ0) is 7.72. The number of hydrogen-bond acceptors (Lipinski definition) is 3. The molecule has 0 fully saturated rings. The number of benzene rings is 1. The van der Waals surface area contributed by atoms with Gasteiger partial charge in [-0.15, -0.1) is 0 Å². The molecule has 0 spiro atoms. The minimum Gasteiger partial charge on any atom is -0.506 e. The summed E-state index contributed by atoms with van der Waals surface area (Å²) in [5.41, 5.74) is 10.1. The first-order valence-corrected chi connectivity index (χ1v) is 2.64. The molecule has 1 aromatic rings. The van der Waals surface area contributed by atoms with Gasteiger partial charge in [0, 0.05) is 12.1 Å².